The number of carbonyl (C=O) groups is 1. The Hall–Kier alpha value is -2.01. The molecule has 11 heteroatoms. The van der Waals surface area contributed by atoms with E-state index in [4.69, 9.17) is 16.3 Å². The Morgan fingerprint density at radius 1 is 1.32 bits per heavy atom. The molecule has 6 nitrogen and oxygen atoms in total. The third kappa shape index (κ3) is 4.73. The molecule has 0 spiro atoms. The molecule has 34 heavy (non-hydrogen) atoms. The molecule has 1 saturated heterocycles. The maximum absolute atomic E-state index is 16.2. The van der Waals surface area contributed by atoms with E-state index in [-0.39, 0.29) is 17.1 Å². The van der Waals surface area contributed by atoms with Gasteiger partial charge in [0.05, 0.1) is 24.4 Å². The maximum atomic E-state index is 16.2. The number of sulfone groups is 1. The van der Waals surface area contributed by atoms with Gasteiger partial charge in [0.25, 0.3) is 10.9 Å². The van der Waals surface area contributed by atoms with Gasteiger partial charge in [0.1, 0.15) is 10.8 Å². The van der Waals surface area contributed by atoms with Crippen LogP contribution in [-0.4, -0.2) is 50.2 Å². The Morgan fingerprint density at radius 2 is 2.09 bits per heavy atom. The fraction of sp³-hybridized carbons (Fsp3) is 0.304. The molecular weight excluding hydrogens is 567 g/mol. The van der Waals surface area contributed by atoms with Crippen LogP contribution in [0, 0.1) is 6.92 Å². The normalized spacial score (nSPS) is 19.7. The van der Waals surface area contributed by atoms with Crippen LogP contribution in [0.5, 0.6) is 5.75 Å². The number of aromatic nitrogens is 1. The Bertz CT molecular complexity index is 1360. The van der Waals surface area contributed by atoms with Gasteiger partial charge in [-0.15, -0.1) is 11.3 Å². The minimum absolute atomic E-state index is 0.107. The van der Waals surface area contributed by atoms with Crippen LogP contribution < -0.4 is 4.74 Å². The van der Waals surface area contributed by atoms with Gasteiger partial charge >= 0.3 is 0 Å². The van der Waals surface area contributed by atoms with Crippen molar-refractivity contribution in [3.05, 3.63) is 78.7 Å². The van der Waals surface area contributed by atoms with E-state index >= 15 is 4.39 Å². The second-order valence-corrected chi connectivity index (χ2v) is 12.7. The molecule has 3 aromatic rings. The van der Waals surface area contributed by atoms with E-state index in [1.807, 2.05) is 25.1 Å². The molecule has 4 rings (SSSR count). The zero-order valence-corrected chi connectivity index (χ0v) is 22.3. The lowest BCUT2D eigenvalue weighted by Gasteiger charge is -2.35. The quantitative estimate of drug-likeness (QED) is 0.412. The molecular formula is C23H21BrClFN2O4S2. The Kier molecular flexibility index (Phi) is 7.06. The van der Waals surface area contributed by atoms with Crippen molar-refractivity contribution in [1.29, 1.82) is 0 Å². The molecule has 1 atom stereocenters. The van der Waals surface area contributed by atoms with Gasteiger partial charge < -0.3 is 9.64 Å². The van der Waals surface area contributed by atoms with Crippen molar-refractivity contribution in [3.8, 4) is 5.75 Å². The fourth-order valence-electron chi connectivity index (χ4n) is 3.74. The predicted molar refractivity (Wildman–Crippen MR) is 134 cm³/mol. The number of thiazole rings is 1. The summed E-state index contributed by atoms with van der Waals surface area (Å²) in [5.41, 5.74) is 2.25. The number of alkyl halides is 1. The third-order valence-electron chi connectivity index (χ3n) is 5.76. The highest BCUT2D eigenvalue weighted by atomic mass is 79.9. The van der Waals surface area contributed by atoms with E-state index in [9.17, 15) is 13.2 Å². The lowest BCUT2D eigenvalue weighted by atomic mass is 10.1. The van der Waals surface area contributed by atoms with Crippen molar-refractivity contribution in [2.75, 3.05) is 26.0 Å². The smallest absolute Gasteiger partial charge is 0.278 e. The molecule has 1 aliphatic heterocycles. The lowest BCUT2D eigenvalue weighted by Crippen LogP contribution is -2.53. The molecule has 1 aliphatic rings. The van der Waals surface area contributed by atoms with Crippen molar-refractivity contribution in [3.63, 3.8) is 0 Å². The molecule has 2 aromatic carbocycles. The SMILES string of the molecule is COc1ccc(Cc2cnc(C3(F)CN(C(=O)c4ccc(Br)c(Cl)c4)CCS3(=O)=O)s2)c(C)c1. The Balaban J connectivity index is 1.60. The van der Waals surface area contributed by atoms with E-state index in [2.05, 4.69) is 20.9 Å². The van der Waals surface area contributed by atoms with Gasteiger partial charge in [-0.25, -0.2) is 17.8 Å². The number of nitrogens with zero attached hydrogens (tertiary/aromatic N) is 2. The molecule has 1 unspecified atom stereocenters. The second kappa shape index (κ2) is 9.56. The van der Waals surface area contributed by atoms with E-state index in [0.29, 0.717) is 15.9 Å². The largest absolute Gasteiger partial charge is 0.497 e. The summed E-state index contributed by atoms with van der Waals surface area (Å²) in [6.45, 7) is 1.21. The second-order valence-electron chi connectivity index (χ2n) is 8.00. The van der Waals surface area contributed by atoms with E-state index in [1.165, 1.54) is 17.2 Å². The molecule has 0 aliphatic carbocycles. The lowest BCUT2D eigenvalue weighted by molar-refractivity contribution is 0.0666. The van der Waals surface area contributed by atoms with Gasteiger partial charge in [-0.05, 0) is 64.3 Å². The van der Waals surface area contributed by atoms with Gasteiger partial charge in [0.2, 0.25) is 0 Å². The standard InChI is InChI=1S/C23H21BrClFN2O4S2/c1-14-9-17(32-2)5-3-15(14)10-18-12-27-22(33-18)23(26)13-28(7-8-34(23,30)31)21(29)16-4-6-19(24)20(25)11-16/h3-6,9,11-12H,7-8,10,13H2,1-2H3. The van der Waals surface area contributed by atoms with Gasteiger partial charge in [-0.3, -0.25) is 4.79 Å². The minimum Gasteiger partial charge on any atom is -0.497 e. The molecule has 1 fully saturated rings. The van der Waals surface area contributed by atoms with Gasteiger partial charge in [-0.1, -0.05) is 17.7 Å². The van der Waals surface area contributed by atoms with Crippen molar-refractivity contribution < 1.29 is 22.3 Å². The highest BCUT2D eigenvalue weighted by molar-refractivity contribution is 9.10. The van der Waals surface area contributed by atoms with E-state index in [1.54, 1.807) is 19.2 Å². The number of rotatable bonds is 5. The average Bonchev–Trinajstić information content (AvgIpc) is 3.27. The summed E-state index contributed by atoms with van der Waals surface area (Å²) in [5.74, 6) is -0.248. The molecule has 0 saturated carbocycles. The summed E-state index contributed by atoms with van der Waals surface area (Å²) >= 11 is 10.4. The fourth-order valence-corrected chi connectivity index (χ4v) is 7.04. The third-order valence-corrected chi connectivity index (χ3v) is 10.3. The first-order chi connectivity index (χ1) is 16.0. The first kappa shape index (κ1) is 25.1. The van der Waals surface area contributed by atoms with Crippen molar-refractivity contribution in [1.82, 2.24) is 9.88 Å². The van der Waals surface area contributed by atoms with Crippen molar-refractivity contribution >= 4 is 54.6 Å². The van der Waals surface area contributed by atoms with Gasteiger partial charge in [0.15, 0.2) is 9.84 Å². The molecule has 1 aromatic heterocycles. The summed E-state index contributed by atoms with van der Waals surface area (Å²) in [4.78, 5) is 19.1. The van der Waals surface area contributed by atoms with Crippen LogP contribution in [0.4, 0.5) is 4.39 Å². The van der Waals surface area contributed by atoms with Crippen molar-refractivity contribution in [2.24, 2.45) is 0 Å². The number of halogens is 3. The van der Waals surface area contributed by atoms with E-state index in [0.717, 1.165) is 33.1 Å². The minimum atomic E-state index is -4.18. The predicted octanol–water partition coefficient (Wildman–Crippen LogP) is 5.16. The Morgan fingerprint density at radius 3 is 2.76 bits per heavy atom. The average molecular weight is 588 g/mol. The summed E-state index contributed by atoms with van der Waals surface area (Å²) in [6.07, 6.45) is 1.97. The first-order valence-electron chi connectivity index (χ1n) is 10.3. The summed E-state index contributed by atoms with van der Waals surface area (Å²) < 4.78 is 47.7. The van der Waals surface area contributed by atoms with Crippen molar-refractivity contribution in [2.45, 2.75) is 18.3 Å². The van der Waals surface area contributed by atoms with Crippen LogP contribution in [0.25, 0.3) is 0 Å². The van der Waals surface area contributed by atoms with Crippen LogP contribution in [0.15, 0.2) is 47.1 Å². The zero-order valence-electron chi connectivity index (χ0n) is 18.3. The molecule has 2 heterocycles. The number of hydrogen-bond acceptors (Lipinski definition) is 6. The van der Waals surface area contributed by atoms with Crippen LogP contribution in [-0.2, 0) is 21.3 Å². The first-order valence-corrected chi connectivity index (χ1v) is 13.9. The summed E-state index contributed by atoms with van der Waals surface area (Å²) in [6, 6.07) is 10.3. The maximum Gasteiger partial charge on any atom is 0.278 e. The van der Waals surface area contributed by atoms with Crippen LogP contribution in [0.1, 0.15) is 31.4 Å². The monoisotopic (exact) mass is 586 g/mol. The highest BCUT2D eigenvalue weighted by Crippen LogP contribution is 2.40. The Labute approximate surface area is 214 Å². The molecule has 0 N–H and O–H groups in total. The molecule has 1 amide bonds. The number of carbonyl (C=O) groups excluding carboxylic acids is 1. The van der Waals surface area contributed by atoms with Crippen LogP contribution >= 0.6 is 38.9 Å². The number of benzene rings is 2. The topological polar surface area (TPSA) is 76.6 Å². The number of hydrogen-bond donors (Lipinski definition) is 0. The molecule has 0 bridgehead atoms. The van der Waals surface area contributed by atoms with Gasteiger partial charge in [0, 0.05) is 34.1 Å². The number of ether oxygens (including phenoxy) is 1. The number of aryl methyl sites for hydroxylation is 1. The highest BCUT2D eigenvalue weighted by Gasteiger charge is 2.53. The number of methoxy groups -OCH3 is 1. The van der Waals surface area contributed by atoms with Crippen LogP contribution in [0.3, 0.4) is 0 Å². The molecule has 180 valence electrons. The van der Waals surface area contributed by atoms with E-state index < -0.39 is 33.0 Å². The summed E-state index contributed by atoms with van der Waals surface area (Å²) in [5, 5.41) is -2.61. The molecule has 0 radical (unpaired) electrons. The van der Waals surface area contributed by atoms with Crippen LogP contribution in [0.2, 0.25) is 5.02 Å². The zero-order chi connectivity index (χ0) is 24.7. The summed E-state index contributed by atoms with van der Waals surface area (Å²) in [7, 11) is -2.59. The number of amides is 1. The van der Waals surface area contributed by atoms with Gasteiger partial charge in [-0.2, -0.15) is 0 Å².